The number of hydrogen-bond acceptors (Lipinski definition) is 4. The van der Waals surface area contributed by atoms with Crippen LogP contribution < -0.4 is 5.32 Å². The number of carbonyl (C=O) groups is 2. The number of ether oxygens (including phenoxy) is 1. The van der Waals surface area contributed by atoms with Crippen molar-refractivity contribution in [1.82, 2.24) is 9.78 Å². The van der Waals surface area contributed by atoms with Gasteiger partial charge < -0.3 is 10.1 Å². The van der Waals surface area contributed by atoms with Gasteiger partial charge >= 0.3 is 5.97 Å². The Bertz CT molecular complexity index is 690. The molecule has 1 amide bonds. The third kappa shape index (κ3) is 3.05. The summed E-state index contributed by atoms with van der Waals surface area (Å²) in [6.07, 6.45) is 1.40. The Kier molecular flexibility index (Phi) is 4.28. The molecule has 110 valence electrons. The van der Waals surface area contributed by atoms with Gasteiger partial charge in [0, 0.05) is 12.7 Å². The van der Waals surface area contributed by atoms with E-state index in [0.717, 1.165) is 5.56 Å². The molecular formula is C14H14ClN3O3. The van der Waals surface area contributed by atoms with Crippen molar-refractivity contribution in [1.29, 1.82) is 0 Å². The molecule has 0 aliphatic rings. The lowest BCUT2D eigenvalue weighted by molar-refractivity contribution is 0.0600. The van der Waals surface area contributed by atoms with Crippen molar-refractivity contribution in [3.8, 4) is 0 Å². The average molecular weight is 308 g/mol. The first-order chi connectivity index (χ1) is 9.93. The van der Waals surface area contributed by atoms with Gasteiger partial charge in [0.1, 0.15) is 5.69 Å². The predicted octanol–water partition coefficient (Wildman–Crippen LogP) is 2.42. The number of methoxy groups -OCH3 is 1. The highest BCUT2D eigenvalue weighted by atomic mass is 35.5. The molecule has 0 radical (unpaired) electrons. The molecule has 0 saturated carbocycles. The molecule has 21 heavy (non-hydrogen) atoms. The van der Waals surface area contributed by atoms with Gasteiger partial charge in [0.25, 0.3) is 5.91 Å². The smallest absolute Gasteiger partial charge is 0.337 e. The van der Waals surface area contributed by atoms with E-state index in [1.165, 1.54) is 18.0 Å². The maximum absolute atomic E-state index is 12.2. The zero-order valence-corrected chi connectivity index (χ0v) is 12.6. The van der Waals surface area contributed by atoms with Gasteiger partial charge in [-0.3, -0.25) is 9.48 Å². The molecule has 0 atom stereocenters. The zero-order valence-electron chi connectivity index (χ0n) is 11.8. The monoisotopic (exact) mass is 307 g/mol. The van der Waals surface area contributed by atoms with Crippen LogP contribution in [0.5, 0.6) is 0 Å². The number of benzene rings is 1. The van der Waals surface area contributed by atoms with Crippen LogP contribution >= 0.6 is 11.6 Å². The van der Waals surface area contributed by atoms with Gasteiger partial charge in [0.15, 0.2) is 0 Å². The highest BCUT2D eigenvalue weighted by molar-refractivity contribution is 6.34. The van der Waals surface area contributed by atoms with Crippen molar-refractivity contribution >= 4 is 29.2 Å². The van der Waals surface area contributed by atoms with Crippen LogP contribution in [0, 0.1) is 6.92 Å². The van der Waals surface area contributed by atoms with E-state index in [2.05, 4.69) is 15.2 Å². The molecule has 2 aromatic rings. The number of anilines is 1. The predicted molar refractivity (Wildman–Crippen MR) is 78.7 cm³/mol. The van der Waals surface area contributed by atoms with E-state index in [-0.39, 0.29) is 10.7 Å². The standard InChI is InChI=1S/C14H14ClN3O3/c1-8-4-5-9(14(20)21-3)6-11(8)17-13(19)12-10(15)7-16-18(12)2/h4-7H,1-3H3,(H,17,19). The van der Waals surface area contributed by atoms with Crippen LogP contribution in [0.1, 0.15) is 26.4 Å². The largest absolute Gasteiger partial charge is 0.465 e. The number of halogens is 1. The van der Waals surface area contributed by atoms with Gasteiger partial charge in [-0.25, -0.2) is 4.79 Å². The molecule has 6 nitrogen and oxygen atoms in total. The van der Waals surface area contributed by atoms with Gasteiger partial charge in [0.2, 0.25) is 0 Å². The van der Waals surface area contributed by atoms with Crippen molar-refractivity contribution in [3.05, 3.63) is 46.2 Å². The summed E-state index contributed by atoms with van der Waals surface area (Å²) in [4.78, 5) is 23.8. The van der Waals surface area contributed by atoms with E-state index in [1.807, 2.05) is 6.92 Å². The summed E-state index contributed by atoms with van der Waals surface area (Å²) in [6, 6.07) is 4.92. The first-order valence-electron chi connectivity index (χ1n) is 6.12. The lowest BCUT2D eigenvalue weighted by atomic mass is 10.1. The molecular weight excluding hydrogens is 294 g/mol. The first-order valence-corrected chi connectivity index (χ1v) is 6.49. The van der Waals surface area contributed by atoms with Crippen molar-refractivity contribution in [2.24, 2.45) is 7.05 Å². The van der Waals surface area contributed by atoms with Crippen LogP contribution in [0.25, 0.3) is 0 Å². The summed E-state index contributed by atoms with van der Waals surface area (Å²) in [6.45, 7) is 1.82. The summed E-state index contributed by atoms with van der Waals surface area (Å²) in [5.74, 6) is -0.866. The fourth-order valence-electron chi connectivity index (χ4n) is 1.85. The van der Waals surface area contributed by atoms with Crippen LogP contribution in [0.3, 0.4) is 0 Å². The lowest BCUT2D eigenvalue weighted by Crippen LogP contribution is -2.17. The number of carbonyl (C=O) groups excluding carboxylic acids is 2. The number of aryl methyl sites for hydroxylation is 2. The average Bonchev–Trinajstić information content (AvgIpc) is 2.79. The minimum absolute atomic E-state index is 0.250. The molecule has 0 spiro atoms. The van der Waals surface area contributed by atoms with Crippen molar-refractivity contribution in [3.63, 3.8) is 0 Å². The van der Waals surface area contributed by atoms with Gasteiger partial charge in [-0.2, -0.15) is 5.10 Å². The maximum atomic E-state index is 12.2. The van der Waals surface area contributed by atoms with E-state index >= 15 is 0 Å². The second kappa shape index (κ2) is 5.97. The number of rotatable bonds is 3. The number of esters is 1. The Morgan fingerprint density at radius 1 is 1.38 bits per heavy atom. The van der Waals surface area contributed by atoms with Crippen molar-refractivity contribution < 1.29 is 14.3 Å². The molecule has 7 heteroatoms. The summed E-state index contributed by atoms with van der Waals surface area (Å²) in [5.41, 5.74) is 1.93. The Labute approximate surface area is 126 Å². The highest BCUT2D eigenvalue weighted by Crippen LogP contribution is 2.20. The molecule has 0 bridgehead atoms. The summed E-state index contributed by atoms with van der Waals surface area (Å²) in [5, 5.41) is 6.89. The molecule has 0 fully saturated rings. The number of aromatic nitrogens is 2. The van der Waals surface area contributed by atoms with Crippen LogP contribution in [-0.4, -0.2) is 28.8 Å². The Balaban J connectivity index is 2.31. The van der Waals surface area contributed by atoms with Crippen LogP contribution in [0.15, 0.2) is 24.4 Å². The second-order valence-corrected chi connectivity index (χ2v) is 4.85. The van der Waals surface area contributed by atoms with Crippen molar-refractivity contribution in [2.75, 3.05) is 12.4 Å². The molecule has 0 unspecified atom stereocenters. The minimum atomic E-state index is -0.468. The zero-order chi connectivity index (χ0) is 15.6. The SMILES string of the molecule is COC(=O)c1ccc(C)c(NC(=O)c2c(Cl)cnn2C)c1. The van der Waals surface area contributed by atoms with Gasteiger partial charge in [-0.05, 0) is 24.6 Å². The number of hydrogen-bond donors (Lipinski definition) is 1. The Hall–Kier alpha value is -2.34. The number of nitrogens with zero attached hydrogens (tertiary/aromatic N) is 2. The molecule has 2 rings (SSSR count). The lowest BCUT2D eigenvalue weighted by Gasteiger charge is -2.10. The third-order valence-electron chi connectivity index (χ3n) is 3.02. The maximum Gasteiger partial charge on any atom is 0.337 e. The van der Waals surface area contributed by atoms with Gasteiger partial charge in [-0.15, -0.1) is 0 Å². The number of amides is 1. The molecule has 1 aromatic heterocycles. The van der Waals surface area contributed by atoms with Crippen molar-refractivity contribution in [2.45, 2.75) is 6.92 Å². The van der Waals surface area contributed by atoms with Crippen LogP contribution in [-0.2, 0) is 11.8 Å². The molecule has 0 aliphatic carbocycles. The van der Waals surface area contributed by atoms with E-state index in [9.17, 15) is 9.59 Å². The fraction of sp³-hybridized carbons (Fsp3) is 0.214. The van der Waals surface area contributed by atoms with Crippen LogP contribution in [0.4, 0.5) is 5.69 Å². The van der Waals surface area contributed by atoms with Gasteiger partial charge in [0.05, 0.1) is 23.9 Å². The van der Waals surface area contributed by atoms with E-state index in [4.69, 9.17) is 11.6 Å². The second-order valence-electron chi connectivity index (χ2n) is 4.44. The Morgan fingerprint density at radius 2 is 2.10 bits per heavy atom. The fourth-order valence-corrected chi connectivity index (χ4v) is 2.10. The minimum Gasteiger partial charge on any atom is -0.465 e. The normalized spacial score (nSPS) is 10.3. The van der Waals surface area contributed by atoms with E-state index in [1.54, 1.807) is 25.2 Å². The molecule has 1 N–H and O–H groups in total. The molecule has 1 heterocycles. The first kappa shape index (κ1) is 15.1. The van der Waals surface area contributed by atoms with Crippen LogP contribution in [0.2, 0.25) is 5.02 Å². The number of nitrogens with one attached hydrogen (secondary N) is 1. The van der Waals surface area contributed by atoms with Gasteiger partial charge in [-0.1, -0.05) is 17.7 Å². The third-order valence-corrected chi connectivity index (χ3v) is 3.29. The summed E-state index contributed by atoms with van der Waals surface area (Å²) >= 11 is 5.93. The van der Waals surface area contributed by atoms with E-state index < -0.39 is 11.9 Å². The highest BCUT2D eigenvalue weighted by Gasteiger charge is 2.17. The molecule has 0 saturated heterocycles. The summed E-state index contributed by atoms with van der Waals surface area (Å²) in [7, 11) is 2.92. The topological polar surface area (TPSA) is 73.2 Å². The quantitative estimate of drug-likeness (QED) is 0.884. The molecule has 1 aromatic carbocycles. The molecule has 0 aliphatic heterocycles. The van der Waals surface area contributed by atoms with E-state index in [0.29, 0.717) is 11.3 Å². The Morgan fingerprint density at radius 3 is 2.67 bits per heavy atom. The summed E-state index contributed by atoms with van der Waals surface area (Å²) < 4.78 is 6.05.